The Bertz CT molecular complexity index is 145. The van der Waals surface area contributed by atoms with E-state index in [2.05, 4.69) is 16.0 Å². The van der Waals surface area contributed by atoms with Crippen molar-refractivity contribution in [3.05, 3.63) is 0 Å². The summed E-state index contributed by atoms with van der Waals surface area (Å²) in [5.74, 6) is 0.127. The Morgan fingerprint density at radius 3 is 1.62 bits per heavy atom. The van der Waals surface area contributed by atoms with Crippen LogP contribution in [0.25, 0.3) is 0 Å². The molecule has 0 saturated carbocycles. The molecule has 16 heavy (non-hydrogen) atoms. The first-order valence-electron chi connectivity index (χ1n) is 4.84. The first kappa shape index (κ1) is 24.4. The van der Waals surface area contributed by atoms with E-state index >= 15 is 0 Å². The van der Waals surface area contributed by atoms with Crippen LogP contribution in [0, 0.1) is 0 Å². The third-order valence-electron chi connectivity index (χ3n) is 1.26. The van der Waals surface area contributed by atoms with E-state index < -0.39 is 0 Å². The lowest BCUT2D eigenvalue weighted by molar-refractivity contribution is -0.120. The lowest BCUT2D eigenvalue weighted by Gasteiger charge is -2.00. The molecule has 0 unspecified atom stereocenters. The van der Waals surface area contributed by atoms with Gasteiger partial charge in [-0.2, -0.15) is 0 Å². The van der Waals surface area contributed by atoms with Crippen LogP contribution in [0.5, 0.6) is 0 Å². The molecule has 0 fully saturated rings. The van der Waals surface area contributed by atoms with Crippen molar-refractivity contribution in [3.63, 3.8) is 0 Å². The van der Waals surface area contributed by atoms with Crippen molar-refractivity contribution in [2.24, 2.45) is 0 Å². The SMILES string of the molecule is C.C.CCNC(=O)CC.CCNC(=S)NC. The maximum Gasteiger partial charge on any atom is 0.219 e. The van der Waals surface area contributed by atoms with Crippen LogP contribution in [-0.2, 0) is 4.79 Å². The molecule has 0 bridgehead atoms. The van der Waals surface area contributed by atoms with Gasteiger partial charge in [0.1, 0.15) is 0 Å². The smallest absolute Gasteiger partial charge is 0.219 e. The van der Waals surface area contributed by atoms with Crippen molar-refractivity contribution in [2.45, 2.75) is 42.0 Å². The predicted molar refractivity (Wildman–Crippen MR) is 77.8 cm³/mol. The van der Waals surface area contributed by atoms with Gasteiger partial charge in [-0.05, 0) is 26.1 Å². The predicted octanol–water partition coefficient (Wildman–Crippen LogP) is 1.90. The molecule has 4 nitrogen and oxygen atoms in total. The molecule has 3 N–H and O–H groups in total. The molecule has 0 heterocycles. The first-order chi connectivity index (χ1) is 6.62. The number of amides is 1. The van der Waals surface area contributed by atoms with Crippen LogP contribution in [0.15, 0.2) is 0 Å². The van der Waals surface area contributed by atoms with Gasteiger partial charge in [0.15, 0.2) is 5.11 Å². The van der Waals surface area contributed by atoms with Crippen molar-refractivity contribution in [1.82, 2.24) is 16.0 Å². The Morgan fingerprint density at radius 2 is 1.50 bits per heavy atom. The highest BCUT2D eigenvalue weighted by Crippen LogP contribution is 1.70. The highest BCUT2D eigenvalue weighted by molar-refractivity contribution is 7.80. The molecule has 0 aromatic heterocycles. The standard InChI is InChI=1S/C5H11NO.C4H10N2S.2CH4/c1-3-5(7)6-4-2;1-3-6-4(7)5-2;;/h3-4H2,1-2H3,(H,6,7);3H2,1-2H3,(H2,5,6,7);2*1H4. The summed E-state index contributed by atoms with van der Waals surface area (Å²) < 4.78 is 0. The van der Waals surface area contributed by atoms with Crippen molar-refractivity contribution < 1.29 is 4.79 Å². The molecule has 0 aliphatic carbocycles. The van der Waals surface area contributed by atoms with E-state index in [4.69, 9.17) is 12.2 Å². The number of carbonyl (C=O) groups is 1. The van der Waals surface area contributed by atoms with Crippen molar-refractivity contribution in [2.75, 3.05) is 20.1 Å². The molecule has 100 valence electrons. The summed E-state index contributed by atoms with van der Waals surface area (Å²) in [5.41, 5.74) is 0. The molecule has 0 spiro atoms. The van der Waals surface area contributed by atoms with E-state index in [0.29, 0.717) is 11.5 Å². The van der Waals surface area contributed by atoms with Crippen LogP contribution in [0.2, 0.25) is 0 Å². The van der Waals surface area contributed by atoms with Crippen LogP contribution >= 0.6 is 12.2 Å². The van der Waals surface area contributed by atoms with E-state index in [0.717, 1.165) is 13.1 Å². The molecule has 0 aliphatic heterocycles. The topological polar surface area (TPSA) is 53.2 Å². The summed E-state index contributed by atoms with van der Waals surface area (Å²) in [7, 11) is 1.80. The molecule has 5 heteroatoms. The molecule has 0 aromatic rings. The second kappa shape index (κ2) is 19.7. The summed E-state index contributed by atoms with van der Waals surface area (Å²) in [6.45, 7) is 7.38. The van der Waals surface area contributed by atoms with Gasteiger partial charge >= 0.3 is 0 Å². The van der Waals surface area contributed by atoms with E-state index in [-0.39, 0.29) is 20.8 Å². The number of nitrogens with one attached hydrogen (secondary N) is 3. The van der Waals surface area contributed by atoms with Crippen LogP contribution in [0.4, 0.5) is 0 Å². The third kappa shape index (κ3) is 23.2. The van der Waals surface area contributed by atoms with E-state index in [1.54, 1.807) is 7.05 Å². The fourth-order valence-corrected chi connectivity index (χ4v) is 0.715. The van der Waals surface area contributed by atoms with Gasteiger partial charge in [-0.25, -0.2) is 0 Å². The summed E-state index contributed by atoms with van der Waals surface area (Å²) >= 11 is 4.73. The molecular weight excluding hydrogens is 222 g/mol. The van der Waals surface area contributed by atoms with Gasteiger partial charge in [-0.1, -0.05) is 21.8 Å². The zero-order chi connectivity index (χ0) is 11.4. The van der Waals surface area contributed by atoms with Gasteiger partial charge in [0.05, 0.1) is 0 Å². The van der Waals surface area contributed by atoms with Crippen molar-refractivity contribution in [1.29, 1.82) is 0 Å². The third-order valence-corrected chi connectivity index (χ3v) is 1.61. The van der Waals surface area contributed by atoms with E-state index in [1.165, 1.54) is 0 Å². The number of carbonyl (C=O) groups excluding carboxylic acids is 1. The minimum absolute atomic E-state index is 0. The van der Waals surface area contributed by atoms with E-state index in [1.807, 2.05) is 20.8 Å². The minimum atomic E-state index is 0. The van der Waals surface area contributed by atoms with Crippen LogP contribution in [0.1, 0.15) is 42.0 Å². The number of hydrogen-bond donors (Lipinski definition) is 3. The van der Waals surface area contributed by atoms with Gasteiger partial charge in [-0.15, -0.1) is 0 Å². The Morgan fingerprint density at radius 1 is 1.06 bits per heavy atom. The van der Waals surface area contributed by atoms with Crippen LogP contribution in [0.3, 0.4) is 0 Å². The fraction of sp³-hybridized carbons (Fsp3) is 0.818. The monoisotopic (exact) mass is 251 g/mol. The van der Waals surface area contributed by atoms with Crippen LogP contribution < -0.4 is 16.0 Å². The van der Waals surface area contributed by atoms with Gasteiger partial charge < -0.3 is 16.0 Å². The van der Waals surface area contributed by atoms with Crippen molar-refractivity contribution in [3.8, 4) is 0 Å². The molecule has 0 aromatic carbocycles. The quantitative estimate of drug-likeness (QED) is 0.671. The van der Waals surface area contributed by atoms with Crippen LogP contribution in [-0.4, -0.2) is 31.2 Å². The number of thiocarbonyl (C=S) groups is 1. The molecule has 0 radical (unpaired) electrons. The van der Waals surface area contributed by atoms with Crippen molar-refractivity contribution >= 4 is 23.2 Å². The van der Waals surface area contributed by atoms with Gasteiger partial charge in [-0.3, -0.25) is 4.79 Å². The zero-order valence-electron chi connectivity index (χ0n) is 9.44. The molecule has 0 aliphatic rings. The molecule has 1 amide bonds. The first-order valence-corrected chi connectivity index (χ1v) is 5.25. The maximum atomic E-state index is 10.3. The molecule has 0 rings (SSSR count). The van der Waals surface area contributed by atoms with Gasteiger partial charge in [0, 0.05) is 26.6 Å². The zero-order valence-corrected chi connectivity index (χ0v) is 10.3. The number of hydrogen-bond acceptors (Lipinski definition) is 2. The van der Waals surface area contributed by atoms with Gasteiger partial charge in [0.25, 0.3) is 0 Å². The minimum Gasteiger partial charge on any atom is -0.366 e. The Kier molecular flexibility index (Phi) is 30.0. The fourth-order valence-electron chi connectivity index (χ4n) is 0.571. The van der Waals surface area contributed by atoms with E-state index in [9.17, 15) is 4.79 Å². The lowest BCUT2D eigenvalue weighted by atomic mass is 10.4. The molecule has 0 saturated heterocycles. The Balaban J connectivity index is -0.0000000800. The average Bonchev–Trinajstić information content (AvgIpc) is 2.19. The molecule has 0 atom stereocenters. The summed E-state index contributed by atoms with van der Waals surface area (Å²) in [6.07, 6.45) is 0.591. The Hall–Kier alpha value is -0.840. The normalized spacial score (nSPS) is 7.00. The Labute approximate surface area is 107 Å². The average molecular weight is 251 g/mol. The second-order valence-electron chi connectivity index (χ2n) is 2.42. The summed E-state index contributed by atoms with van der Waals surface area (Å²) in [4.78, 5) is 10.3. The number of rotatable bonds is 3. The lowest BCUT2D eigenvalue weighted by Crippen LogP contribution is -2.31. The summed E-state index contributed by atoms with van der Waals surface area (Å²) in [6, 6.07) is 0. The largest absolute Gasteiger partial charge is 0.366 e. The summed E-state index contributed by atoms with van der Waals surface area (Å²) in [5, 5.41) is 9.07. The maximum absolute atomic E-state index is 10.3. The highest BCUT2D eigenvalue weighted by atomic mass is 32.1. The van der Waals surface area contributed by atoms with Gasteiger partial charge in [0.2, 0.25) is 5.91 Å². The molecular formula is C11H29N3OS. The second-order valence-corrected chi connectivity index (χ2v) is 2.82. The highest BCUT2D eigenvalue weighted by Gasteiger charge is 1.88.